The number of hydrogen-bond acceptors (Lipinski definition) is 5. The van der Waals surface area contributed by atoms with Crippen LogP contribution in [0.1, 0.15) is 40.0 Å². The van der Waals surface area contributed by atoms with E-state index in [0.717, 1.165) is 18.2 Å². The Labute approximate surface area is 187 Å². The van der Waals surface area contributed by atoms with Gasteiger partial charge in [0.1, 0.15) is 23.1 Å². The first kappa shape index (κ1) is 22.3. The van der Waals surface area contributed by atoms with Gasteiger partial charge in [-0.1, -0.05) is 12.1 Å². The van der Waals surface area contributed by atoms with Crippen LogP contribution in [0.25, 0.3) is 0 Å². The van der Waals surface area contributed by atoms with Gasteiger partial charge in [-0.15, -0.1) is 0 Å². The molecule has 0 saturated heterocycles. The van der Waals surface area contributed by atoms with E-state index in [1.54, 1.807) is 30.3 Å². The summed E-state index contributed by atoms with van der Waals surface area (Å²) in [7, 11) is 1.52. The number of ketones is 1. The minimum Gasteiger partial charge on any atom is -0.497 e. The summed E-state index contributed by atoms with van der Waals surface area (Å²) in [6, 6.07) is 11.4. The zero-order valence-corrected chi connectivity index (χ0v) is 17.7. The first-order valence-corrected chi connectivity index (χ1v) is 9.97. The van der Waals surface area contributed by atoms with Crippen molar-refractivity contribution in [1.82, 2.24) is 9.88 Å². The van der Waals surface area contributed by atoms with Crippen molar-refractivity contribution in [3.63, 3.8) is 0 Å². The lowest BCUT2D eigenvalue weighted by Crippen LogP contribution is -2.39. The highest BCUT2D eigenvalue weighted by Crippen LogP contribution is 2.41. The molecule has 0 fully saturated rings. The number of carbonyl (C=O) groups excluding carboxylic acids is 2. The summed E-state index contributed by atoms with van der Waals surface area (Å²) < 4.78 is 51.3. The predicted molar refractivity (Wildman–Crippen MR) is 112 cm³/mol. The molecule has 6 nitrogen and oxygen atoms in total. The molecule has 170 valence electrons. The van der Waals surface area contributed by atoms with Gasteiger partial charge in [-0.05, 0) is 55.0 Å². The third kappa shape index (κ3) is 4.39. The number of aromatic nitrogens is 1. The Morgan fingerprint density at radius 2 is 1.88 bits per heavy atom. The lowest BCUT2D eigenvalue weighted by atomic mass is 9.95. The van der Waals surface area contributed by atoms with Gasteiger partial charge >= 0.3 is 6.18 Å². The van der Waals surface area contributed by atoms with Gasteiger partial charge in [0.15, 0.2) is 5.78 Å². The number of pyridine rings is 1. The number of Topliss-reactive ketones (excluding diaryl/α,β-unsaturated/α-hetero) is 1. The van der Waals surface area contributed by atoms with Gasteiger partial charge in [-0.25, -0.2) is 4.98 Å². The number of halogens is 3. The van der Waals surface area contributed by atoms with Crippen LogP contribution in [-0.4, -0.2) is 28.7 Å². The molecule has 0 bridgehead atoms. The highest BCUT2D eigenvalue weighted by Gasteiger charge is 2.38. The van der Waals surface area contributed by atoms with E-state index in [-0.39, 0.29) is 29.3 Å². The monoisotopic (exact) mass is 456 g/mol. The molecule has 4 rings (SSSR count). The average molecular weight is 456 g/mol. The first-order chi connectivity index (χ1) is 15.7. The molecule has 3 aromatic rings. The highest BCUT2D eigenvalue weighted by atomic mass is 19.4. The molecule has 2 aromatic carbocycles. The first-order valence-electron chi connectivity index (χ1n) is 9.97. The van der Waals surface area contributed by atoms with E-state index in [2.05, 4.69) is 4.98 Å². The van der Waals surface area contributed by atoms with E-state index in [1.165, 1.54) is 31.2 Å². The van der Waals surface area contributed by atoms with Crippen molar-refractivity contribution in [1.29, 1.82) is 0 Å². The predicted octanol–water partition coefficient (Wildman–Crippen LogP) is 5.19. The van der Waals surface area contributed by atoms with Crippen LogP contribution >= 0.6 is 0 Å². The zero-order valence-electron chi connectivity index (χ0n) is 17.7. The summed E-state index contributed by atoms with van der Waals surface area (Å²) in [5, 5.41) is 0. The molecule has 2 heterocycles. The number of benzene rings is 2. The molecular formula is C24H19F3N2O4. The Hall–Kier alpha value is -3.88. The van der Waals surface area contributed by atoms with Crippen LogP contribution in [0.15, 0.2) is 60.8 Å². The fraction of sp³-hybridized carbons (Fsp3) is 0.208. The minimum atomic E-state index is -4.64. The molecule has 1 aliphatic rings. The second-order valence-corrected chi connectivity index (χ2v) is 7.50. The maximum absolute atomic E-state index is 13.5. The summed E-state index contributed by atoms with van der Waals surface area (Å²) >= 11 is 0. The second kappa shape index (κ2) is 8.57. The van der Waals surface area contributed by atoms with Gasteiger partial charge in [0.25, 0.3) is 5.91 Å². The van der Waals surface area contributed by atoms with Gasteiger partial charge in [0.05, 0.1) is 12.7 Å². The summed E-state index contributed by atoms with van der Waals surface area (Å²) in [5.41, 5.74) is -0.246. The van der Waals surface area contributed by atoms with Gasteiger partial charge in [-0.3, -0.25) is 9.59 Å². The van der Waals surface area contributed by atoms with E-state index < -0.39 is 29.5 Å². The summed E-state index contributed by atoms with van der Waals surface area (Å²) in [6.07, 6.45) is -3.23. The van der Waals surface area contributed by atoms with Crippen LogP contribution in [0.2, 0.25) is 0 Å². The molecule has 0 N–H and O–H groups in total. The highest BCUT2D eigenvalue weighted by molar-refractivity contribution is 6.00. The Morgan fingerprint density at radius 1 is 1.15 bits per heavy atom. The van der Waals surface area contributed by atoms with E-state index in [4.69, 9.17) is 9.47 Å². The average Bonchev–Trinajstić information content (AvgIpc) is 2.78. The number of nitrogens with zero attached hydrogens (tertiary/aromatic N) is 2. The molecule has 0 spiro atoms. The van der Waals surface area contributed by atoms with Crippen molar-refractivity contribution >= 4 is 11.7 Å². The third-order valence-corrected chi connectivity index (χ3v) is 5.31. The fourth-order valence-corrected chi connectivity index (χ4v) is 3.74. The standard InChI is InChI=1S/C24H19F3N2O4/c1-14(30)21-19-12-16(24(25,26)27)7-10-20(19)33-22-18(4-3-11-28-22)23(31)29(21)13-15-5-8-17(32-2)9-6-15/h3-12,21H,13H2,1-2H3. The molecule has 1 amide bonds. The normalized spacial score (nSPS) is 15.6. The third-order valence-electron chi connectivity index (χ3n) is 5.31. The van der Waals surface area contributed by atoms with E-state index >= 15 is 0 Å². The number of hydrogen-bond donors (Lipinski definition) is 0. The topological polar surface area (TPSA) is 68.7 Å². The van der Waals surface area contributed by atoms with Crippen LogP contribution < -0.4 is 9.47 Å². The largest absolute Gasteiger partial charge is 0.497 e. The van der Waals surface area contributed by atoms with Gasteiger partial charge < -0.3 is 14.4 Å². The molecule has 1 unspecified atom stereocenters. The van der Waals surface area contributed by atoms with Gasteiger partial charge in [0.2, 0.25) is 5.88 Å². The van der Waals surface area contributed by atoms with E-state index in [0.29, 0.717) is 11.3 Å². The summed E-state index contributed by atoms with van der Waals surface area (Å²) in [5.74, 6) is -0.518. The number of methoxy groups -OCH3 is 1. The minimum absolute atomic E-state index is 0.0235. The van der Waals surface area contributed by atoms with Crippen molar-refractivity contribution < 1.29 is 32.2 Å². The van der Waals surface area contributed by atoms with Gasteiger partial charge in [-0.2, -0.15) is 13.2 Å². The van der Waals surface area contributed by atoms with Crippen molar-refractivity contribution in [3.8, 4) is 17.4 Å². The van der Waals surface area contributed by atoms with Crippen LogP contribution in [0.5, 0.6) is 17.4 Å². The lowest BCUT2D eigenvalue weighted by molar-refractivity contribution is -0.137. The van der Waals surface area contributed by atoms with Gasteiger partial charge in [0, 0.05) is 18.3 Å². The molecule has 0 saturated carbocycles. The smallest absolute Gasteiger partial charge is 0.416 e. The molecule has 1 aromatic heterocycles. The Kier molecular flexibility index (Phi) is 5.80. The van der Waals surface area contributed by atoms with Crippen molar-refractivity contribution in [2.24, 2.45) is 0 Å². The van der Waals surface area contributed by atoms with Crippen LogP contribution in [0, 0.1) is 0 Å². The number of fused-ring (bicyclic) bond motifs is 2. The Bertz CT molecular complexity index is 1210. The number of alkyl halides is 3. The van der Waals surface area contributed by atoms with Crippen molar-refractivity contribution in [2.45, 2.75) is 25.7 Å². The summed E-state index contributed by atoms with van der Waals surface area (Å²) in [4.78, 5) is 31.6. The molecule has 1 atom stereocenters. The second-order valence-electron chi connectivity index (χ2n) is 7.50. The van der Waals surface area contributed by atoms with Crippen molar-refractivity contribution in [3.05, 3.63) is 83.0 Å². The SMILES string of the molecule is COc1ccc(CN2C(=O)c3cccnc3Oc3ccc(C(F)(F)F)cc3C2C(C)=O)cc1. The summed E-state index contributed by atoms with van der Waals surface area (Å²) in [6.45, 7) is 1.20. The lowest BCUT2D eigenvalue weighted by Gasteiger charge is -2.34. The Balaban J connectivity index is 1.90. The quantitative estimate of drug-likeness (QED) is 0.541. The number of ether oxygens (including phenoxy) is 2. The van der Waals surface area contributed by atoms with E-state index in [9.17, 15) is 22.8 Å². The maximum atomic E-state index is 13.5. The molecule has 0 radical (unpaired) electrons. The van der Waals surface area contributed by atoms with Crippen LogP contribution in [-0.2, 0) is 17.5 Å². The maximum Gasteiger partial charge on any atom is 0.416 e. The number of amides is 1. The number of rotatable bonds is 4. The fourth-order valence-electron chi connectivity index (χ4n) is 3.74. The van der Waals surface area contributed by atoms with Crippen molar-refractivity contribution in [2.75, 3.05) is 7.11 Å². The number of carbonyl (C=O) groups is 2. The molecular weight excluding hydrogens is 437 g/mol. The molecule has 33 heavy (non-hydrogen) atoms. The Morgan fingerprint density at radius 3 is 2.52 bits per heavy atom. The molecule has 9 heteroatoms. The van der Waals surface area contributed by atoms with E-state index in [1.807, 2.05) is 0 Å². The zero-order chi connectivity index (χ0) is 23.8. The molecule has 1 aliphatic heterocycles. The van der Waals surface area contributed by atoms with Crippen LogP contribution in [0.4, 0.5) is 13.2 Å². The van der Waals surface area contributed by atoms with Crippen LogP contribution in [0.3, 0.4) is 0 Å². The molecule has 0 aliphatic carbocycles.